The molecule has 5 heteroatoms. The topological polar surface area (TPSA) is 51.2 Å². The largest absolute Gasteiger partial charge is 0.382 e. The fraction of sp³-hybridized carbons (Fsp3) is 0.500. The average molecular weight is 257 g/mol. The molecule has 0 aromatic carbocycles. The first kappa shape index (κ1) is 13.9. The molecular formula is C12H17ClN2O2. The zero-order valence-corrected chi connectivity index (χ0v) is 11.0. The summed E-state index contributed by atoms with van der Waals surface area (Å²) in [6.45, 7) is 3.80. The summed E-state index contributed by atoms with van der Waals surface area (Å²) in [5, 5.41) is 3.09. The van der Waals surface area contributed by atoms with Crippen LogP contribution in [0.2, 0.25) is 5.15 Å². The number of anilines is 1. The number of hydrogen-bond donors (Lipinski definition) is 1. The van der Waals surface area contributed by atoms with Gasteiger partial charge in [0.15, 0.2) is 5.15 Å². The van der Waals surface area contributed by atoms with Gasteiger partial charge in [0.1, 0.15) is 0 Å². The molecule has 1 heterocycles. The minimum Gasteiger partial charge on any atom is -0.382 e. The van der Waals surface area contributed by atoms with E-state index in [9.17, 15) is 4.79 Å². The number of pyridine rings is 1. The molecule has 1 aromatic heterocycles. The molecule has 1 N–H and O–H groups in total. The molecule has 1 rings (SSSR count). The van der Waals surface area contributed by atoms with Crippen LogP contribution in [-0.4, -0.2) is 24.1 Å². The Balaban J connectivity index is 2.56. The molecule has 4 nitrogen and oxygen atoms in total. The molecule has 94 valence electrons. The lowest BCUT2D eigenvalue weighted by Crippen LogP contribution is -2.16. The number of carbonyl (C=O) groups is 1. The van der Waals surface area contributed by atoms with Crippen molar-refractivity contribution in [3.63, 3.8) is 0 Å². The number of hydrogen-bond acceptors (Lipinski definition) is 3. The zero-order valence-electron chi connectivity index (χ0n) is 10.3. The van der Waals surface area contributed by atoms with Gasteiger partial charge in [0.05, 0.1) is 11.8 Å². The molecular weight excluding hydrogens is 240 g/mol. The number of nitrogens with one attached hydrogen (secondary N) is 1. The minimum absolute atomic E-state index is 0.0752. The third kappa shape index (κ3) is 4.32. The first-order valence-corrected chi connectivity index (χ1v) is 5.86. The monoisotopic (exact) mass is 256 g/mol. The van der Waals surface area contributed by atoms with E-state index in [0.29, 0.717) is 23.7 Å². The number of aromatic nitrogens is 1. The van der Waals surface area contributed by atoms with Crippen molar-refractivity contribution < 1.29 is 9.53 Å². The number of halogens is 1. The van der Waals surface area contributed by atoms with Gasteiger partial charge in [-0.15, -0.1) is 0 Å². The van der Waals surface area contributed by atoms with Crippen LogP contribution in [0, 0.1) is 6.92 Å². The van der Waals surface area contributed by atoms with Gasteiger partial charge in [0.25, 0.3) is 0 Å². The molecule has 0 aliphatic heterocycles. The van der Waals surface area contributed by atoms with Gasteiger partial charge >= 0.3 is 0 Å². The fourth-order valence-corrected chi connectivity index (χ4v) is 1.58. The number of methoxy groups -OCH3 is 1. The van der Waals surface area contributed by atoms with E-state index in [0.717, 1.165) is 5.56 Å². The van der Waals surface area contributed by atoms with E-state index >= 15 is 0 Å². The molecule has 0 saturated carbocycles. The van der Waals surface area contributed by atoms with E-state index in [1.165, 1.54) is 0 Å². The van der Waals surface area contributed by atoms with Crippen LogP contribution in [0.5, 0.6) is 0 Å². The number of amides is 1. The Hall–Kier alpha value is -1.13. The zero-order chi connectivity index (χ0) is 12.8. The van der Waals surface area contributed by atoms with E-state index in [1.54, 1.807) is 19.4 Å². The lowest BCUT2D eigenvalue weighted by atomic mass is 10.2. The average Bonchev–Trinajstić information content (AvgIpc) is 2.31. The first-order valence-electron chi connectivity index (χ1n) is 5.48. The maximum Gasteiger partial charge on any atom is 0.224 e. The Morgan fingerprint density at radius 2 is 2.35 bits per heavy atom. The predicted molar refractivity (Wildman–Crippen MR) is 68.3 cm³/mol. The van der Waals surface area contributed by atoms with E-state index in [4.69, 9.17) is 16.3 Å². The van der Waals surface area contributed by atoms with Crippen molar-refractivity contribution >= 4 is 23.2 Å². The van der Waals surface area contributed by atoms with Crippen LogP contribution in [0.4, 0.5) is 5.69 Å². The summed E-state index contributed by atoms with van der Waals surface area (Å²) >= 11 is 5.91. The van der Waals surface area contributed by atoms with E-state index in [-0.39, 0.29) is 12.0 Å². The summed E-state index contributed by atoms with van der Waals surface area (Å²) in [6, 6.07) is 1.80. The van der Waals surface area contributed by atoms with Gasteiger partial charge in [-0.05, 0) is 31.9 Å². The third-order valence-electron chi connectivity index (χ3n) is 2.56. The van der Waals surface area contributed by atoms with Gasteiger partial charge in [-0.1, -0.05) is 11.6 Å². The number of nitrogens with zero attached hydrogens (tertiary/aromatic N) is 1. The SMILES string of the molecule is COC(C)CCC(=O)Nc1c(C)ccnc1Cl. The van der Waals surface area contributed by atoms with Gasteiger partial charge in [-0.2, -0.15) is 0 Å². The molecule has 0 spiro atoms. The summed E-state index contributed by atoms with van der Waals surface area (Å²) in [6.07, 6.45) is 2.77. The Labute approximate surface area is 106 Å². The van der Waals surface area contributed by atoms with Gasteiger partial charge in [0.2, 0.25) is 5.91 Å². The van der Waals surface area contributed by atoms with Crippen LogP contribution < -0.4 is 5.32 Å². The Kier molecular flexibility index (Phi) is 5.38. The maximum absolute atomic E-state index is 11.7. The first-order chi connectivity index (χ1) is 8.04. The summed E-state index contributed by atoms with van der Waals surface area (Å²) < 4.78 is 5.08. The summed E-state index contributed by atoms with van der Waals surface area (Å²) in [7, 11) is 1.63. The van der Waals surface area contributed by atoms with Crippen molar-refractivity contribution in [1.82, 2.24) is 4.98 Å². The second-order valence-electron chi connectivity index (χ2n) is 3.93. The smallest absolute Gasteiger partial charge is 0.224 e. The third-order valence-corrected chi connectivity index (χ3v) is 2.84. The quantitative estimate of drug-likeness (QED) is 0.825. The van der Waals surface area contributed by atoms with E-state index in [1.807, 2.05) is 13.8 Å². The van der Waals surface area contributed by atoms with Crippen molar-refractivity contribution in [3.8, 4) is 0 Å². The van der Waals surface area contributed by atoms with Crippen LogP contribution in [0.25, 0.3) is 0 Å². The molecule has 17 heavy (non-hydrogen) atoms. The van der Waals surface area contributed by atoms with Crippen molar-refractivity contribution in [1.29, 1.82) is 0 Å². The highest BCUT2D eigenvalue weighted by Gasteiger charge is 2.10. The Bertz CT molecular complexity index is 376. The lowest BCUT2D eigenvalue weighted by Gasteiger charge is -2.11. The Morgan fingerprint density at radius 1 is 1.65 bits per heavy atom. The van der Waals surface area contributed by atoms with Gasteiger partial charge in [-0.3, -0.25) is 4.79 Å². The predicted octanol–water partition coefficient (Wildman–Crippen LogP) is 2.80. The molecule has 1 atom stereocenters. The fourth-order valence-electron chi connectivity index (χ4n) is 1.33. The molecule has 0 fully saturated rings. The minimum atomic E-state index is -0.0769. The van der Waals surface area contributed by atoms with Crippen LogP contribution in [0.3, 0.4) is 0 Å². The molecule has 1 aromatic rings. The number of rotatable bonds is 5. The van der Waals surface area contributed by atoms with Gasteiger partial charge < -0.3 is 10.1 Å². The maximum atomic E-state index is 11.7. The van der Waals surface area contributed by atoms with Crippen molar-refractivity contribution in [3.05, 3.63) is 23.0 Å². The molecule has 1 unspecified atom stereocenters. The van der Waals surface area contributed by atoms with Crippen molar-refractivity contribution in [2.45, 2.75) is 32.8 Å². The molecule has 0 aliphatic carbocycles. The molecule has 0 radical (unpaired) electrons. The molecule has 0 aliphatic rings. The van der Waals surface area contributed by atoms with Crippen LogP contribution in [0.15, 0.2) is 12.3 Å². The van der Waals surface area contributed by atoms with Crippen molar-refractivity contribution in [2.75, 3.05) is 12.4 Å². The van der Waals surface area contributed by atoms with Crippen LogP contribution in [0.1, 0.15) is 25.3 Å². The van der Waals surface area contributed by atoms with Gasteiger partial charge in [-0.25, -0.2) is 4.98 Å². The van der Waals surface area contributed by atoms with Crippen LogP contribution >= 0.6 is 11.6 Å². The number of carbonyl (C=O) groups excluding carboxylic acids is 1. The second kappa shape index (κ2) is 6.57. The standard InChI is InChI=1S/C12H17ClN2O2/c1-8-6-7-14-12(13)11(8)15-10(16)5-4-9(2)17-3/h6-7,9H,4-5H2,1-3H3,(H,15,16). The highest BCUT2D eigenvalue weighted by molar-refractivity contribution is 6.32. The van der Waals surface area contributed by atoms with Crippen molar-refractivity contribution in [2.24, 2.45) is 0 Å². The molecule has 0 bridgehead atoms. The summed E-state index contributed by atoms with van der Waals surface area (Å²) in [5.41, 5.74) is 1.49. The van der Waals surface area contributed by atoms with Crippen LogP contribution in [-0.2, 0) is 9.53 Å². The highest BCUT2D eigenvalue weighted by atomic mass is 35.5. The second-order valence-corrected chi connectivity index (χ2v) is 4.28. The summed E-state index contributed by atoms with van der Waals surface area (Å²) in [4.78, 5) is 15.6. The molecule has 1 amide bonds. The Morgan fingerprint density at radius 3 is 2.94 bits per heavy atom. The van der Waals surface area contributed by atoms with E-state index in [2.05, 4.69) is 10.3 Å². The normalized spacial score (nSPS) is 12.2. The number of ether oxygens (including phenoxy) is 1. The lowest BCUT2D eigenvalue weighted by molar-refractivity contribution is -0.116. The summed E-state index contributed by atoms with van der Waals surface area (Å²) in [5.74, 6) is -0.0769. The highest BCUT2D eigenvalue weighted by Crippen LogP contribution is 2.22. The van der Waals surface area contributed by atoms with E-state index < -0.39 is 0 Å². The number of aryl methyl sites for hydroxylation is 1. The molecule has 0 saturated heterocycles. The van der Waals surface area contributed by atoms with Gasteiger partial charge in [0, 0.05) is 19.7 Å².